The third kappa shape index (κ3) is 3.52. The lowest BCUT2D eigenvalue weighted by Crippen LogP contribution is -2.26. The maximum atomic E-state index is 13.0. The Morgan fingerprint density at radius 1 is 0.906 bits per heavy atom. The lowest BCUT2D eigenvalue weighted by Gasteiger charge is -2.21. The molecule has 0 radical (unpaired) electrons. The average Bonchev–Trinajstić information content (AvgIpc) is 3.01. The summed E-state index contributed by atoms with van der Waals surface area (Å²) in [6.45, 7) is 8.66. The van der Waals surface area contributed by atoms with Crippen molar-refractivity contribution in [3.8, 4) is 34.1 Å². The molecular weight excluding hydrogens is 404 g/mol. The minimum Gasteiger partial charge on any atom is -0.428 e. The fraction of sp³-hybridized carbons (Fsp3) is 0.231. The monoisotopic (exact) mass is 426 g/mol. The van der Waals surface area contributed by atoms with Crippen LogP contribution in [-0.2, 0) is 4.74 Å². The number of pyridine rings is 1. The molecule has 1 aromatic heterocycles. The Kier molecular flexibility index (Phi) is 5.06. The average molecular weight is 426 g/mol. The van der Waals surface area contributed by atoms with Gasteiger partial charge in [0.2, 0.25) is 0 Å². The van der Waals surface area contributed by atoms with Gasteiger partial charge in [-0.25, -0.2) is 4.79 Å². The number of nitriles is 1. The smallest absolute Gasteiger partial charge is 0.428 e. The van der Waals surface area contributed by atoms with Gasteiger partial charge in [-0.05, 0) is 45.7 Å². The van der Waals surface area contributed by atoms with Crippen molar-refractivity contribution in [2.24, 2.45) is 0 Å². The molecule has 0 spiro atoms. The van der Waals surface area contributed by atoms with E-state index in [1.807, 2.05) is 24.3 Å². The number of hydrogen-bond acceptors (Lipinski definition) is 6. The van der Waals surface area contributed by atoms with Crippen molar-refractivity contribution in [1.29, 1.82) is 5.26 Å². The lowest BCUT2D eigenvalue weighted by atomic mass is 9.90. The number of aromatic nitrogens is 1. The van der Waals surface area contributed by atoms with E-state index in [-0.39, 0.29) is 17.1 Å². The van der Waals surface area contributed by atoms with Crippen molar-refractivity contribution in [3.63, 3.8) is 0 Å². The van der Waals surface area contributed by atoms with Gasteiger partial charge in [-0.15, -0.1) is 0 Å². The molecule has 0 bridgehead atoms. The van der Waals surface area contributed by atoms with E-state index in [1.165, 1.54) is 0 Å². The third-order valence-electron chi connectivity index (χ3n) is 5.21. The second-order valence-electron chi connectivity index (χ2n) is 8.64. The Morgan fingerprint density at radius 2 is 1.53 bits per heavy atom. The molecule has 0 atom stereocenters. The molecule has 32 heavy (non-hydrogen) atoms. The van der Waals surface area contributed by atoms with Gasteiger partial charge in [-0.3, -0.25) is 9.78 Å². The number of carbonyl (C=O) groups excluding carboxylic acids is 2. The van der Waals surface area contributed by atoms with Gasteiger partial charge in [0.1, 0.15) is 11.7 Å². The second-order valence-corrected chi connectivity index (χ2v) is 8.64. The van der Waals surface area contributed by atoms with E-state index in [0.717, 1.165) is 5.56 Å². The number of hydrogen-bond donors (Lipinski definition) is 0. The zero-order valence-electron chi connectivity index (χ0n) is 18.6. The lowest BCUT2D eigenvalue weighted by molar-refractivity contribution is 0.0204. The molecule has 0 amide bonds. The Hall–Kier alpha value is -3.98. The normalized spacial score (nSPS) is 12.1. The van der Waals surface area contributed by atoms with Crippen LogP contribution >= 0.6 is 0 Å². The first-order valence-corrected chi connectivity index (χ1v) is 10.2. The summed E-state index contributed by atoms with van der Waals surface area (Å²) in [5, 5.41) is 9.96. The molecule has 0 unspecified atom stereocenters. The third-order valence-corrected chi connectivity index (χ3v) is 5.21. The summed E-state index contributed by atoms with van der Waals surface area (Å²) in [5.41, 5.74) is 4.16. The Balaban J connectivity index is 2.00. The van der Waals surface area contributed by atoms with Gasteiger partial charge in [-0.1, -0.05) is 42.5 Å². The molecule has 6 heteroatoms. The summed E-state index contributed by atoms with van der Waals surface area (Å²) in [6, 6.07) is 14.9. The second kappa shape index (κ2) is 7.61. The molecule has 0 saturated carbocycles. The van der Waals surface area contributed by atoms with Gasteiger partial charge in [0.25, 0.3) is 0 Å². The predicted octanol–water partition coefficient (Wildman–Crippen LogP) is 5.76. The van der Waals surface area contributed by atoms with E-state index in [4.69, 9.17) is 9.47 Å². The molecule has 0 fully saturated rings. The summed E-state index contributed by atoms with van der Waals surface area (Å²) < 4.78 is 11.0. The van der Waals surface area contributed by atoms with Crippen molar-refractivity contribution in [2.45, 2.75) is 40.2 Å². The highest BCUT2D eigenvalue weighted by molar-refractivity contribution is 6.24. The number of aryl methyl sites for hydroxylation is 2. The minimum atomic E-state index is -0.888. The molecule has 3 aromatic rings. The number of rotatable bonds is 2. The SMILES string of the molecule is Cc1nc(C)c(OC(=O)OC(C)(C)C)c(-c2cccc3c2-c2ccccc2C3=O)c1C#N. The molecule has 1 aliphatic carbocycles. The predicted molar refractivity (Wildman–Crippen MR) is 120 cm³/mol. The molecule has 6 nitrogen and oxygen atoms in total. The van der Waals surface area contributed by atoms with Crippen LogP contribution in [0.1, 0.15) is 53.6 Å². The summed E-state index contributed by atoms with van der Waals surface area (Å²) in [7, 11) is 0. The van der Waals surface area contributed by atoms with E-state index in [0.29, 0.717) is 39.2 Å². The number of fused-ring (bicyclic) bond motifs is 3. The molecule has 1 aliphatic rings. The van der Waals surface area contributed by atoms with Crippen LogP contribution in [0.2, 0.25) is 0 Å². The minimum absolute atomic E-state index is 0.0759. The van der Waals surface area contributed by atoms with E-state index >= 15 is 0 Å². The molecular formula is C26H22N2O4. The standard InChI is InChI=1S/C26H22N2O4/c1-14-20(13-27)22(24(15(2)28-14)31-25(30)32-26(3,4)5)18-11-8-12-19-21(18)16-9-6-7-10-17(16)23(19)29/h6-12H,1-5H3. The highest BCUT2D eigenvalue weighted by atomic mass is 16.7. The first-order valence-electron chi connectivity index (χ1n) is 10.2. The Morgan fingerprint density at radius 3 is 2.19 bits per heavy atom. The first-order chi connectivity index (χ1) is 15.1. The molecule has 2 aromatic carbocycles. The topological polar surface area (TPSA) is 89.3 Å². The summed E-state index contributed by atoms with van der Waals surface area (Å²) >= 11 is 0. The van der Waals surface area contributed by atoms with Crippen LogP contribution in [0.4, 0.5) is 4.79 Å². The van der Waals surface area contributed by atoms with Crippen molar-refractivity contribution < 1.29 is 19.1 Å². The van der Waals surface area contributed by atoms with Crippen molar-refractivity contribution in [3.05, 3.63) is 70.5 Å². The Labute approximate surface area is 186 Å². The molecule has 160 valence electrons. The quantitative estimate of drug-likeness (QED) is 0.379. The fourth-order valence-corrected chi connectivity index (χ4v) is 3.99. The van der Waals surface area contributed by atoms with Gasteiger partial charge < -0.3 is 9.47 Å². The fourth-order valence-electron chi connectivity index (χ4n) is 3.99. The van der Waals surface area contributed by atoms with Crippen LogP contribution in [0, 0.1) is 25.2 Å². The van der Waals surface area contributed by atoms with Gasteiger partial charge in [-0.2, -0.15) is 5.26 Å². The molecule has 0 aliphatic heterocycles. The van der Waals surface area contributed by atoms with Gasteiger partial charge in [0, 0.05) is 22.3 Å². The zero-order chi connectivity index (χ0) is 23.2. The van der Waals surface area contributed by atoms with Gasteiger partial charge in [0.15, 0.2) is 11.5 Å². The van der Waals surface area contributed by atoms with Crippen LogP contribution in [0.25, 0.3) is 22.3 Å². The molecule has 1 heterocycles. The summed E-state index contributed by atoms with van der Waals surface area (Å²) in [5.74, 6) is 0.0692. The summed E-state index contributed by atoms with van der Waals surface area (Å²) in [6.07, 6.45) is -0.888. The molecule has 4 rings (SSSR count). The number of ketones is 1. The molecule has 0 N–H and O–H groups in total. The van der Waals surface area contributed by atoms with Crippen molar-refractivity contribution in [1.82, 2.24) is 4.98 Å². The van der Waals surface area contributed by atoms with E-state index in [2.05, 4.69) is 11.1 Å². The van der Waals surface area contributed by atoms with Crippen LogP contribution in [-0.4, -0.2) is 22.5 Å². The largest absolute Gasteiger partial charge is 0.514 e. The van der Waals surface area contributed by atoms with Crippen LogP contribution < -0.4 is 4.74 Å². The van der Waals surface area contributed by atoms with Crippen molar-refractivity contribution >= 4 is 11.9 Å². The number of nitrogens with zero attached hydrogens (tertiary/aromatic N) is 2. The number of ether oxygens (including phenoxy) is 2. The van der Waals surface area contributed by atoms with E-state index in [1.54, 1.807) is 52.8 Å². The van der Waals surface area contributed by atoms with Gasteiger partial charge >= 0.3 is 6.16 Å². The van der Waals surface area contributed by atoms with E-state index in [9.17, 15) is 14.9 Å². The number of carbonyl (C=O) groups is 2. The highest BCUT2D eigenvalue weighted by Gasteiger charge is 2.32. The maximum Gasteiger partial charge on any atom is 0.514 e. The zero-order valence-corrected chi connectivity index (χ0v) is 18.6. The maximum absolute atomic E-state index is 13.0. The van der Waals surface area contributed by atoms with Crippen LogP contribution in [0.15, 0.2) is 42.5 Å². The molecule has 0 saturated heterocycles. The van der Waals surface area contributed by atoms with Crippen LogP contribution in [0.3, 0.4) is 0 Å². The van der Waals surface area contributed by atoms with Crippen LogP contribution in [0.5, 0.6) is 5.75 Å². The number of benzene rings is 2. The Bertz CT molecular complexity index is 1330. The van der Waals surface area contributed by atoms with Gasteiger partial charge in [0.05, 0.1) is 17.0 Å². The van der Waals surface area contributed by atoms with Crippen molar-refractivity contribution in [2.75, 3.05) is 0 Å². The summed E-state index contributed by atoms with van der Waals surface area (Å²) in [4.78, 5) is 29.9. The first kappa shape index (κ1) is 21.3. The van der Waals surface area contributed by atoms with E-state index < -0.39 is 11.8 Å². The highest BCUT2D eigenvalue weighted by Crippen LogP contribution is 2.47.